The Morgan fingerprint density at radius 3 is 2.04 bits per heavy atom. The first-order valence-electron chi connectivity index (χ1n) is 8.14. The van der Waals surface area contributed by atoms with Crippen LogP contribution in [0.1, 0.15) is 26.3 Å². The van der Waals surface area contributed by atoms with Crippen LogP contribution in [0, 0.1) is 0 Å². The number of nitrogens with two attached hydrogens (primary N) is 2. The molecular weight excluding hydrogens is 348 g/mol. The molecule has 2 aromatic carbocycles. The molecule has 0 fully saturated rings. The highest BCUT2D eigenvalue weighted by Gasteiger charge is 2.12. The molecule has 0 heterocycles. The maximum absolute atomic E-state index is 12.3. The summed E-state index contributed by atoms with van der Waals surface area (Å²) in [6.07, 6.45) is 0. The van der Waals surface area contributed by atoms with Gasteiger partial charge in [0.15, 0.2) is 0 Å². The third kappa shape index (κ3) is 5.82. The Balaban J connectivity index is 2.01. The zero-order valence-electron chi connectivity index (χ0n) is 15.2. The van der Waals surface area contributed by atoms with E-state index < -0.39 is 11.8 Å². The molecule has 0 spiro atoms. The van der Waals surface area contributed by atoms with Crippen molar-refractivity contribution in [1.29, 1.82) is 0 Å². The normalized spacial score (nSPS) is 10.5. The smallest absolute Gasteiger partial charge is 0.248 e. The third-order valence-electron chi connectivity index (χ3n) is 3.81. The average molecular weight is 370 g/mol. The highest BCUT2D eigenvalue weighted by atomic mass is 16.5. The molecule has 2 rings (SSSR count). The van der Waals surface area contributed by atoms with Crippen molar-refractivity contribution in [3.8, 4) is 5.75 Å². The van der Waals surface area contributed by atoms with Gasteiger partial charge in [0.25, 0.3) is 0 Å². The molecular formula is C19H22N4O4. The zero-order chi connectivity index (χ0) is 20.0. The predicted octanol–water partition coefficient (Wildman–Crippen LogP) is 0.964. The molecule has 2 aromatic rings. The summed E-state index contributed by atoms with van der Waals surface area (Å²) in [6.45, 7) is 0.671. The molecule has 0 aliphatic rings. The van der Waals surface area contributed by atoms with Gasteiger partial charge in [0.05, 0.1) is 13.7 Å². The maximum Gasteiger partial charge on any atom is 0.248 e. The molecule has 8 nitrogen and oxygen atoms in total. The number of likely N-dealkylation sites (N-methyl/N-ethyl adjacent to an activating group) is 1. The molecule has 0 saturated heterocycles. The van der Waals surface area contributed by atoms with E-state index >= 15 is 0 Å². The van der Waals surface area contributed by atoms with E-state index in [1.54, 1.807) is 14.2 Å². The van der Waals surface area contributed by atoms with E-state index in [4.69, 9.17) is 16.2 Å². The minimum absolute atomic E-state index is 0.0909. The lowest BCUT2D eigenvalue weighted by molar-refractivity contribution is -0.117. The number of carbonyl (C=O) groups is 3. The Morgan fingerprint density at radius 2 is 1.56 bits per heavy atom. The summed E-state index contributed by atoms with van der Waals surface area (Å²) in [5, 5.41) is 2.65. The molecule has 0 saturated carbocycles. The Morgan fingerprint density at radius 1 is 1.00 bits per heavy atom. The standard InChI is InChI=1S/C19H22N4O4/c1-23(10-12-3-5-16(27-2)6-4-12)11-17(24)22-15-8-13(18(20)25)7-14(9-15)19(21)26/h3-9H,10-11H2,1-2H3,(H2,20,25)(H2,21,26)(H,22,24). The molecule has 8 heteroatoms. The lowest BCUT2D eigenvalue weighted by atomic mass is 10.1. The van der Waals surface area contributed by atoms with Crippen molar-refractivity contribution < 1.29 is 19.1 Å². The Bertz CT molecular complexity index is 817. The predicted molar refractivity (Wildman–Crippen MR) is 101 cm³/mol. The van der Waals surface area contributed by atoms with Crippen LogP contribution in [0.25, 0.3) is 0 Å². The van der Waals surface area contributed by atoms with Crippen LogP contribution >= 0.6 is 0 Å². The van der Waals surface area contributed by atoms with Crippen molar-refractivity contribution in [2.24, 2.45) is 11.5 Å². The van der Waals surface area contributed by atoms with Gasteiger partial charge in [-0.15, -0.1) is 0 Å². The number of primary amides is 2. The summed E-state index contributed by atoms with van der Waals surface area (Å²) in [7, 11) is 3.40. The molecule has 0 aliphatic heterocycles. The number of nitrogens with zero attached hydrogens (tertiary/aromatic N) is 1. The van der Waals surface area contributed by atoms with Crippen LogP contribution in [0.2, 0.25) is 0 Å². The number of ether oxygens (including phenoxy) is 1. The van der Waals surface area contributed by atoms with E-state index in [0.29, 0.717) is 6.54 Å². The van der Waals surface area contributed by atoms with E-state index in [1.807, 2.05) is 29.2 Å². The first-order chi connectivity index (χ1) is 12.8. The van der Waals surface area contributed by atoms with Gasteiger partial charge in [-0.3, -0.25) is 19.3 Å². The molecule has 0 aliphatic carbocycles. The van der Waals surface area contributed by atoms with E-state index in [-0.39, 0.29) is 29.3 Å². The van der Waals surface area contributed by atoms with E-state index in [2.05, 4.69) is 5.32 Å². The van der Waals surface area contributed by atoms with E-state index in [9.17, 15) is 14.4 Å². The monoisotopic (exact) mass is 370 g/mol. The van der Waals surface area contributed by atoms with E-state index in [0.717, 1.165) is 11.3 Å². The van der Waals surface area contributed by atoms with Gasteiger partial charge in [0.2, 0.25) is 17.7 Å². The van der Waals surface area contributed by atoms with Crippen molar-refractivity contribution in [3.05, 3.63) is 59.2 Å². The number of hydrogen-bond acceptors (Lipinski definition) is 5. The van der Waals surface area contributed by atoms with Crippen molar-refractivity contribution >= 4 is 23.4 Å². The molecule has 5 N–H and O–H groups in total. The molecule has 0 unspecified atom stereocenters. The van der Waals surface area contributed by atoms with Gasteiger partial charge in [0, 0.05) is 23.4 Å². The zero-order valence-corrected chi connectivity index (χ0v) is 15.2. The first-order valence-corrected chi connectivity index (χ1v) is 8.14. The fourth-order valence-corrected chi connectivity index (χ4v) is 2.53. The summed E-state index contributed by atoms with van der Waals surface area (Å²) in [4.78, 5) is 36.9. The minimum Gasteiger partial charge on any atom is -0.497 e. The van der Waals surface area contributed by atoms with Crippen molar-refractivity contribution in [3.63, 3.8) is 0 Å². The topological polar surface area (TPSA) is 128 Å². The number of amides is 3. The summed E-state index contributed by atoms with van der Waals surface area (Å²) >= 11 is 0. The number of benzene rings is 2. The maximum atomic E-state index is 12.3. The lowest BCUT2D eigenvalue weighted by Crippen LogP contribution is -2.30. The van der Waals surface area contributed by atoms with Crippen LogP contribution in [-0.2, 0) is 11.3 Å². The van der Waals surface area contributed by atoms with Crippen LogP contribution in [0.4, 0.5) is 5.69 Å². The molecule has 27 heavy (non-hydrogen) atoms. The number of hydrogen-bond donors (Lipinski definition) is 3. The van der Waals surface area contributed by atoms with Crippen LogP contribution in [0.5, 0.6) is 5.75 Å². The summed E-state index contributed by atoms with van der Waals surface area (Å²) < 4.78 is 5.11. The van der Waals surface area contributed by atoms with E-state index in [1.165, 1.54) is 18.2 Å². The number of methoxy groups -OCH3 is 1. The quantitative estimate of drug-likeness (QED) is 0.638. The molecule has 142 valence electrons. The van der Waals surface area contributed by atoms with Gasteiger partial charge in [-0.05, 0) is 42.9 Å². The average Bonchev–Trinajstić information content (AvgIpc) is 2.61. The Labute approximate surface area is 157 Å². The number of nitrogens with one attached hydrogen (secondary N) is 1. The van der Waals surface area contributed by atoms with Crippen molar-refractivity contribution in [2.45, 2.75) is 6.54 Å². The van der Waals surface area contributed by atoms with Gasteiger partial charge in [0.1, 0.15) is 5.75 Å². The van der Waals surface area contributed by atoms with Gasteiger partial charge in [-0.25, -0.2) is 0 Å². The van der Waals surface area contributed by atoms with Crippen LogP contribution < -0.4 is 21.5 Å². The van der Waals surface area contributed by atoms with Gasteiger partial charge < -0.3 is 21.5 Å². The Hall–Kier alpha value is -3.39. The SMILES string of the molecule is COc1ccc(CN(C)CC(=O)Nc2cc(C(N)=O)cc(C(N)=O)c2)cc1. The largest absolute Gasteiger partial charge is 0.497 e. The minimum atomic E-state index is -0.717. The van der Waals surface area contributed by atoms with Crippen molar-refractivity contribution in [1.82, 2.24) is 4.90 Å². The fraction of sp³-hybridized carbons (Fsp3) is 0.211. The summed E-state index contributed by atoms with van der Waals surface area (Å²) in [5.74, 6) is -0.975. The Kier molecular flexibility index (Phi) is 6.51. The summed E-state index contributed by atoms with van der Waals surface area (Å²) in [5.41, 5.74) is 12.0. The number of rotatable bonds is 8. The third-order valence-corrected chi connectivity index (χ3v) is 3.81. The molecule has 0 aromatic heterocycles. The molecule has 0 bridgehead atoms. The molecule has 3 amide bonds. The lowest BCUT2D eigenvalue weighted by Gasteiger charge is -2.17. The highest BCUT2D eigenvalue weighted by Crippen LogP contribution is 2.16. The molecule has 0 atom stereocenters. The highest BCUT2D eigenvalue weighted by molar-refractivity contribution is 6.01. The van der Waals surface area contributed by atoms with Crippen LogP contribution in [0.3, 0.4) is 0 Å². The number of anilines is 1. The fourth-order valence-electron chi connectivity index (χ4n) is 2.53. The first kappa shape index (κ1) is 19.9. The summed E-state index contributed by atoms with van der Waals surface area (Å²) in [6, 6.07) is 11.6. The van der Waals surface area contributed by atoms with Gasteiger partial charge in [-0.1, -0.05) is 12.1 Å². The second-order valence-corrected chi connectivity index (χ2v) is 6.10. The van der Waals surface area contributed by atoms with Gasteiger partial charge >= 0.3 is 0 Å². The number of carbonyl (C=O) groups excluding carboxylic acids is 3. The van der Waals surface area contributed by atoms with Crippen LogP contribution in [0.15, 0.2) is 42.5 Å². The van der Waals surface area contributed by atoms with Crippen molar-refractivity contribution in [2.75, 3.05) is 26.0 Å². The molecule has 0 radical (unpaired) electrons. The second kappa shape index (κ2) is 8.81. The van der Waals surface area contributed by atoms with Gasteiger partial charge in [-0.2, -0.15) is 0 Å². The second-order valence-electron chi connectivity index (χ2n) is 6.10. The van der Waals surface area contributed by atoms with Crippen LogP contribution in [-0.4, -0.2) is 43.3 Å².